The van der Waals surface area contributed by atoms with Gasteiger partial charge in [-0.15, -0.1) is 0 Å². The van der Waals surface area contributed by atoms with Gasteiger partial charge in [-0.1, -0.05) is 18.2 Å². The Labute approximate surface area is 130 Å². The summed E-state index contributed by atoms with van der Waals surface area (Å²) in [6, 6.07) is 16.2. The summed E-state index contributed by atoms with van der Waals surface area (Å²) in [7, 11) is 0. The molecule has 0 saturated carbocycles. The first-order valence-corrected chi connectivity index (χ1v) is 7.40. The number of ether oxygens (including phenoxy) is 2. The molecule has 2 aromatic rings. The van der Waals surface area contributed by atoms with Crippen LogP contribution in [0.1, 0.15) is 29.6 Å². The van der Waals surface area contributed by atoms with Crippen LogP contribution in [0.5, 0.6) is 11.5 Å². The summed E-state index contributed by atoms with van der Waals surface area (Å²) < 4.78 is 11.2. The molecule has 0 amide bonds. The molecule has 0 saturated heterocycles. The number of unbranched alkanes of at least 4 members (excludes halogenated alkanes) is 2. The van der Waals surface area contributed by atoms with Crippen LogP contribution in [0.15, 0.2) is 54.6 Å². The predicted molar refractivity (Wildman–Crippen MR) is 84.7 cm³/mol. The smallest absolute Gasteiger partial charge is 0.335 e. The number of carboxylic acid groups (broad SMARTS) is 1. The summed E-state index contributed by atoms with van der Waals surface area (Å²) in [5.74, 6) is 0.674. The zero-order valence-corrected chi connectivity index (χ0v) is 12.4. The number of hydrogen-bond acceptors (Lipinski definition) is 3. The molecule has 4 nitrogen and oxygen atoms in total. The zero-order valence-electron chi connectivity index (χ0n) is 12.4. The molecule has 0 fully saturated rings. The third kappa shape index (κ3) is 5.48. The Morgan fingerprint density at radius 1 is 0.773 bits per heavy atom. The maximum atomic E-state index is 10.7. The molecule has 0 aromatic heterocycles. The monoisotopic (exact) mass is 300 g/mol. The summed E-state index contributed by atoms with van der Waals surface area (Å²) in [6.07, 6.45) is 2.95. The Hall–Kier alpha value is -2.49. The van der Waals surface area contributed by atoms with Crippen LogP contribution in [-0.2, 0) is 0 Å². The average molecular weight is 300 g/mol. The first-order valence-electron chi connectivity index (χ1n) is 7.40. The van der Waals surface area contributed by atoms with Crippen molar-refractivity contribution in [2.45, 2.75) is 19.3 Å². The van der Waals surface area contributed by atoms with Gasteiger partial charge in [0.15, 0.2) is 0 Å². The molecule has 4 heteroatoms. The van der Waals surface area contributed by atoms with Crippen molar-refractivity contribution in [3.8, 4) is 11.5 Å². The van der Waals surface area contributed by atoms with Gasteiger partial charge >= 0.3 is 5.97 Å². The van der Waals surface area contributed by atoms with Crippen molar-refractivity contribution in [1.29, 1.82) is 0 Å². The fraction of sp³-hybridized carbons (Fsp3) is 0.278. The number of carbonyl (C=O) groups is 1. The van der Waals surface area contributed by atoms with E-state index < -0.39 is 5.97 Å². The molecule has 0 bridgehead atoms. The van der Waals surface area contributed by atoms with Gasteiger partial charge in [0.1, 0.15) is 11.5 Å². The number of aromatic carboxylic acids is 1. The molecule has 0 heterocycles. The zero-order chi connectivity index (χ0) is 15.6. The number of rotatable bonds is 9. The van der Waals surface area contributed by atoms with Gasteiger partial charge in [-0.05, 0) is 55.7 Å². The van der Waals surface area contributed by atoms with Crippen LogP contribution in [-0.4, -0.2) is 24.3 Å². The lowest BCUT2D eigenvalue weighted by Gasteiger charge is -2.07. The highest BCUT2D eigenvalue weighted by molar-refractivity contribution is 5.87. The van der Waals surface area contributed by atoms with Crippen LogP contribution in [0, 0.1) is 0 Å². The minimum absolute atomic E-state index is 0.269. The molecule has 22 heavy (non-hydrogen) atoms. The Kier molecular flexibility index (Phi) is 6.30. The van der Waals surface area contributed by atoms with Crippen molar-refractivity contribution in [3.63, 3.8) is 0 Å². The lowest BCUT2D eigenvalue weighted by Crippen LogP contribution is -2.01. The van der Waals surface area contributed by atoms with E-state index in [1.165, 1.54) is 0 Å². The third-order valence-corrected chi connectivity index (χ3v) is 3.17. The largest absolute Gasteiger partial charge is 0.494 e. The van der Waals surface area contributed by atoms with Gasteiger partial charge in [0.05, 0.1) is 18.8 Å². The lowest BCUT2D eigenvalue weighted by atomic mass is 10.2. The van der Waals surface area contributed by atoms with Crippen LogP contribution >= 0.6 is 0 Å². The van der Waals surface area contributed by atoms with Gasteiger partial charge in [0.2, 0.25) is 0 Å². The Balaban J connectivity index is 1.55. The highest BCUT2D eigenvalue weighted by Gasteiger charge is 2.01. The highest BCUT2D eigenvalue weighted by atomic mass is 16.5. The van der Waals surface area contributed by atoms with Crippen molar-refractivity contribution in [3.05, 3.63) is 60.2 Å². The topological polar surface area (TPSA) is 55.8 Å². The van der Waals surface area contributed by atoms with E-state index in [2.05, 4.69) is 0 Å². The standard InChI is InChI=1S/C18H20O4/c19-18(20)15-9-11-17(12-10-15)22-14-6-2-5-13-21-16-7-3-1-4-8-16/h1,3-4,7-12H,2,5-6,13-14H2,(H,19,20). The first-order chi connectivity index (χ1) is 10.8. The van der Waals surface area contributed by atoms with Gasteiger partial charge in [-0.3, -0.25) is 0 Å². The normalized spacial score (nSPS) is 10.2. The Morgan fingerprint density at radius 3 is 1.86 bits per heavy atom. The number of benzene rings is 2. The van der Waals surface area contributed by atoms with Crippen LogP contribution in [0.25, 0.3) is 0 Å². The van der Waals surface area contributed by atoms with Gasteiger partial charge in [-0.2, -0.15) is 0 Å². The van der Waals surface area contributed by atoms with Gasteiger partial charge < -0.3 is 14.6 Å². The van der Waals surface area contributed by atoms with E-state index in [0.29, 0.717) is 19.0 Å². The predicted octanol–water partition coefficient (Wildman–Crippen LogP) is 4.01. The van der Waals surface area contributed by atoms with Gasteiger partial charge in [0, 0.05) is 0 Å². The average Bonchev–Trinajstić information content (AvgIpc) is 2.55. The molecule has 116 valence electrons. The van der Waals surface area contributed by atoms with Crippen LogP contribution in [0.2, 0.25) is 0 Å². The Morgan fingerprint density at radius 2 is 1.32 bits per heavy atom. The molecule has 1 N–H and O–H groups in total. The molecule has 0 aliphatic rings. The molecule has 0 atom stereocenters. The summed E-state index contributed by atoms with van der Waals surface area (Å²) >= 11 is 0. The fourth-order valence-corrected chi connectivity index (χ4v) is 1.97. The molecular formula is C18H20O4. The number of carboxylic acids is 1. The first kappa shape index (κ1) is 15.9. The minimum Gasteiger partial charge on any atom is -0.494 e. The molecular weight excluding hydrogens is 280 g/mol. The molecule has 2 aromatic carbocycles. The van der Waals surface area contributed by atoms with Crippen LogP contribution < -0.4 is 9.47 Å². The SMILES string of the molecule is O=C(O)c1ccc(OCCCCCOc2ccccc2)cc1. The quantitative estimate of drug-likeness (QED) is 0.711. The number of para-hydroxylation sites is 1. The molecule has 0 aliphatic carbocycles. The maximum absolute atomic E-state index is 10.7. The summed E-state index contributed by atoms with van der Waals surface area (Å²) in [5, 5.41) is 8.80. The van der Waals surface area contributed by atoms with Crippen molar-refractivity contribution in [1.82, 2.24) is 0 Å². The molecule has 0 unspecified atom stereocenters. The fourth-order valence-electron chi connectivity index (χ4n) is 1.97. The van der Waals surface area contributed by atoms with E-state index in [0.717, 1.165) is 25.0 Å². The van der Waals surface area contributed by atoms with E-state index in [9.17, 15) is 4.79 Å². The second-order valence-electron chi connectivity index (χ2n) is 4.90. The van der Waals surface area contributed by atoms with Gasteiger partial charge in [-0.25, -0.2) is 4.79 Å². The van der Waals surface area contributed by atoms with Crippen LogP contribution in [0.3, 0.4) is 0 Å². The van der Waals surface area contributed by atoms with E-state index >= 15 is 0 Å². The molecule has 2 rings (SSSR count). The van der Waals surface area contributed by atoms with E-state index in [4.69, 9.17) is 14.6 Å². The molecule has 0 aliphatic heterocycles. The second kappa shape index (κ2) is 8.72. The summed E-state index contributed by atoms with van der Waals surface area (Å²) in [4.78, 5) is 10.7. The second-order valence-corrected chi connectivity index (χ2v) is 4.90. The summed E-state index contributed by atoms with van der Waals surface area (Å²) in [5.41, 5.74) is 0.269. The Bertz CT molecular complexity index is 563. The molecule has 0 spiro atoms. The number of hydrogen-bond donors (Lipinski definition) is 1. The van der Waals surface area contributed by atoms with Crippen molar-refractivity contribution >= 4 is 5.97 Å². The van der Waals surface area contributed by atoms with Crippen molar-refractivity contribution in [2.24, 2.45) is 0 Å². The van der Waals surface area contributed by atoms with E-state index in [1.54, 1.807) is 24.3 Å². The van der Waals surface area contributed by atoms with Crippen molar-refractivity contribution < 1.29 is 19.4 Å². The minimum atomic E-state index is -0.926. The third-order valence-electron chi connectivity index (χ3n) is 3.17. The van der Waals surface area contributed by atoms with E-state index in [1.807, 2.05) is 30.3 Å². The van der Waals surface area contributed by atoms with E-state index in [-0.39, 0.29) is 5.56 Å². The lowest BCUT2D eigenvalue weighted by molar-refractivity contribution is 0.0697. The van der Waals surface area contributed by atoms with Crippen molar-refractivity contribution in [2.75, 3.05) is 13.2 Å². The van der Waals surface area contributed by atoms with Gasteiger partial charge in [0.25, 0.3) is 0 Å². The van der Waals surface area contributed by atoms with Crippen LogP contribution in [0.4, 0.5) is 0 Å². The summed E-state index contributed by atoms with van der Waals surface area (Å²) in [6.45, 7) is 1.33. The highest BCUT2D eigenvalue weighted by Crippen LogP contribution is 2.13. The maximum Gasteiger partial charge on any atom is 0.335 e. The molecule has 0 radical (unpaired) electrons.